The molecule has 3 heteroatoms. The first kappa shape index (κ1) is 12.7. The summed E-state index contributed by atoms with van der Waals surface area (Å²) in [6, 6.07) is 14.3. The van der Waals surface area contributed by atoms with Crippen molar-refractivity contribution < 1.29 is 9.53 Å². The maximum absolute atomic E-state index is 11.1. The number of esters is 1. The summed E-state index contributed by atoms with van der Waals surface area (Å²) in [5, 5.41) is 2.36. The molecule has 92 valence electrons. The van der Waals surface area contributed by atoms with Gasteiger partial charge in [-0.2, -0.15) is 0 Å². The van der Waals surface area contributed by atoms with Gasteiger partial charge >= 0.3 is 5.97 Å². The van der Waals surface area contributed by atoms with Crippen molar-refractivity contribution in [3.05, 3.63) is 55.1 Å². The zero-order valence-electron chi connectivity index (χ0n) is 10.1. The molecule has 0 spiro atoms. The van der Waals surface area contributed by atoms with Crippen LogP contribution in [-0.2, 0) is 9.53 Å². The average Bonchev–Trinajstić information content (AvgIpc) is 2.39. The molecule has 2 aromatic carbocycles. The Labute approximate surface area is 111 Å². The highest BCUT2D eigenvalue weighted by Crippen LogP contribution is 2.31. The maximum atomic E-state index is 11.1. The molecule has 0 aliphatic carbocycles. The molecule has 0 aliphatic heterocycles. The summed E-state index contributed by atoms with van der Waals surface area (Å²) in [5.41, 5.74) is -0.235. The van der Waals surface area contributed by atoms with Gasteiger partial charge in [0.25, 0.3) is 0 Å². The third-order valence-electron chi connectivity index (χ3n) is 2.49. The number of benzene rings is 2. The van der Waals surface area contributed by atoms with E-state index in [-0.39, 0.29) is 5.44 Å². The first-order valence-corrected chi connectivity index (χ1v) is 6.56. The van der Waals surface area contributed by atoms with Crippen LogP contribution in [0.5, 0.6) is 0 Å². The van der Waals surface area contributed by atoms with Crippen LogP contribution >= 0.6 is 11.8 Å². The number of rotatable bonds is 4. The minimum Gasteiger partial charge on any atom is -0.448 e. The van der Waals surface area contributed by atoms with E-state index < -0.39 is 5.97 Å². The lowest BCUT2D eigenvalue weighted by Gasteiger charge is -2.12. The van der Waals surface area contributed by atoms with Crippen LogP contribution in [0.2, 0.25) is 0 Å². The molecule has 0 N–H and O–H groups in total. The predicted octanol–water partition coefficient (Wildman–Crippen LogP) is 4.01. The van der Waals surface area contributed by atoms with Gasteiger partial charge in [0.2, 0.25) is 0 Å². The molecule has 0 radical (unpaired) electrons. The van der Waals surface area contributed by atoms with Crippen molar-refractivity contribution in [1.29, 1.82) is 0 Å². The van der Waals surface area contributed by atoms with Gasteiger partial charge in [-0.3, -0.25) is 0 Å². The van der Waals surface area contributed by atoms with Gasteiger partial charge in [0.15, 0.2) is 0 Å². The summed E-state index contributed by atoms with van der Waals surface area (Å²) in [4.78, 5) is 12.2. The van der Waals surface area contributed by atoms with Crippen LogP contribution in [0.15, 0.2) is 60.0 Å². The van der Waals surface area contributed by atoms with E-state index in [0.717, 1.165) is 4.90 Å². The van der Waals surface area contributed by atoms with E-state index in [0.29, 0.717) is 0 Å². The molecule has 0 amide bonds. The Hall–Kier alpha value is -1.74. The van der Waals surface area contributed by atoms with E-state index in [9.17, 15) is 4.79 Å². The lowest BCUT2D eigenvalue weighted by atomic mass is 10.1. The summed E-state index contributed by atoms with van der Waals surface area (Å²) >= 11 is 1.53. The number of carbonyl (C=O) groups excluding carboxylic acids is 1. The number of hydrogen-bond donors (Lipinski definition) is 0. The first-order valence-electron chi connectivity index (χ1n) is 5.68. The SMILES string of the molecule is C=CC(=O)OC(C)Sc1cccc2ccccc12. The van der Waals surface area contributed by atoms with Crippen LogP contribution in [0.1, 0.15) is 6.92 Å². The Balaban J connectivity index is 2.21. The standard InChI is InChI=1S/C15H14O2S/c1-3-15(16)17-11(2)18-14-10-6-8-12-7-4-5-9-13(12)14/h3-11H,1H2,2H3. The summed E-state index contributed by atoms with van der Waals surface area (Å²) in [5.74, 6) is -0.393. The molecular formula is C15H14O2S. The minimum atomic E-state index is -0.393. The number of thioether (sulfide) groups is 1. The van der Waals surface area contributed by atoms with Gasteiger partial charge in [-0.25, -0.2) is 4.79 Å². The van der Waals surface area contributed by atoms with Crippen molar-refractivity contribution in [3.63, 3.8) is 0 Å². The van der Waals surface area contributed by atoms with Gasteiger partial charge in [0.1, 0.15) is 5.44 Å². The summed E-state index contributed by atoms with van der Waals surface area (Å²) in [6.07, 6.45) is 1.18. The monoisotopic (exact) mass is 258 g/mol. The molecule has 2 nitrogen and oxygen atoms in total. The summed E-state index contributed by atoms with van der Waals surface area (Å²) in [7, 11) is 0. The molecule has 0 saturated carbocycles. The maximum Gasteiger partial charge on any atom is 0.331 e. The fraction of sp³-hybridized carbons (Fsp3) is 0.133. The van der Waals surface area contributed by atoms with Crippen LogP contribution in [0.25, 0.3) is 10.8 Å². The molecule has 0 saturated heterocycles. The molecule has 0 aliphatic rings. The highest BCUT2D eigenvalue weighted by molar-refractivity contribution is 8.00. The van der Waals surface area contributed by atoms with E-state index >= 15 is 0 Å². The van der Waals surface area contributed by atoms with Gasteiger partial charge in [-0.1, -0.05) is 54.7 Å². The molecule has 1 unspecified atom stereocenters. The van der Waals surface area contributed by atoms with E-state index in [4.69, 9.17) is 4.74 Å². The Morgan fingerprint density at radius 3 is 2.78 bits per heavy atom. The lowest BCUT2D eigenvalue weighted by Crippen LogP contribution is -2.08. The fourth-order valence-electron chi connectivity index (χ4n) is 1.71. The molecular weight excluding hydrogens is 244 g/mol. The van der Waals surface area contributed by atoms with Gasteiger partial charge in [-0.15, -0.1) is 0 Å². The van der Waals surface area contributed by atoms with Crippen LogP contribution in [0.4, 0.5) is 0 Å². The van der Waals surface area contributed by atoms with Crippen LogP contribution in [0, 0.1) is 0 Å². The largest absolute Gasteiger partial charge is 0.448 e. The fourth-order valence-corrected chi connectivity index (χ4v) is 2.68. The van der Waals surface area contributed by atoms with Crippen LogP contribution in [0.3, 0.4) is 0 Å². The molecule has 0 bridgehead atoms. The quantitative estimate of drug-likeness (QED) is 0.359. The molecule has 18 heavy (non-hydrogen) atoms. The second-order valence-corrected chi connectivity index (χ2v) is 5.14. The molecule has 0 aromatic heterocycles. The van der Waals surface area contributed by atoms with Crippen molar-refractivity contribution in [3.8, 4) is 0 Å². The second-order valence-electron chi connectivity index (χ2n) is 3.80. The normalized spacial score (nSPS) is 12.1. The number of ether oxygens (including phenoxy) is 1. The van der Waals surface area contributed by atoms with Crippen molar-refractivity contribution >= 4 is 28.5 Å². The third kappa shape index (κ3) is 2.93. The van der Waals surface area contributed by atoms with Gasteiger partial charge in [0.05, 0.1) is 0 Å². The Morgan fingerprint density at radius 1 is 1.28 bits per heavy atom. The molecule has 0 heterocycles. The van der Waals surface area contributed by atoms with E-state index in [1.54, 1.807) is 0 Å². The summed E-state index contributed by atoms with van der Waals surface area (Å²) in [6.45, 7) is 5.24. The van der Waals surface area contributed by atoms with Crippen molar-refractivity contribution in [2.45, 2.75) is 17.3 Å². The van der Waals surface area contributed by atoms with Crippen molar-refractivity contribution in [2.75, 3.05) is 0 Å². The van der Waals surface area contributed by atoms with Crippen molar-refractivity contribution in [2.24, 2.45) is 0 Å². The van der Waals surface area contributed by atoms with Crippen molar-refractivity contribution in [1.82, 2.24) is 0 Å². The van der Waals surface area contributed by atoms with E-state index in [1.165, 1.54) is 28.6 Å². The smallest absolute Gasteiger partial charge is 0.331 e. The number of hydrogen-bond acceptors (Lipinski definition) is 3. The average molecular weight is 258 g/mol. The second kappa shape index (κ2) is 5.74. The van der Waals surface area contributed by atoms with E-state index in [2.05, 4.69) is 24.8 Å². The topological polar surface area (TPSA) is 26.3 Å². The van der Waals surface area contributed by atoms with Gasteiger partial charge in [-0.05, 0) is 23.8 Å². The lowest BCUT2D eigenvalue weighted by molar-refractivity contribution is -0.138. The zero-order valence-corrected chi connectivity index (χ0v) is 10.9. The highest BCUT2D eigenvalue weighted by Gasteiger charge is 2.10. The minimum absolute atomic E-state index is 0.235. The van der Waals surface area contributed by atoms with Crippen LogP contribution < -0.4 is 0 Å². The molecule has 2 aromatic rings. The van der Waals surface area contributed by atoms with Gasteiger partial charge < -0.3 is 4.74 Å². The third-order valence-corrected chi connectivity index (χ3v) is 3.53. The zero-order chi connectivity index (χ0) is 13.0. The molecule has 0 fully saturated rings. The Kier molecular flexibility index (Phi) is 4.05. The molecule has 1 atom stereocenters. The number of fused-ring (bicyclic) bond motifs is 1. The number of carbonyl (C=O) groups is 1. The Bertz CT molecular complexity index is 572. The Morgan fingerprint density at radius 2 is 2.00 bits per heavy atom. The highest BCUT2D eigenvalue weighted by atomic mass is 32.2. The van der Waals surface area contributed by atoms with Crippen LogP contribution in [-0.4, -0.2) is 11.4 Å². The molecule has 2 rings (SSSR count). The predicted molar refractivity (Wildman–Crippen MR) is 75.6 cm³/mol. The van der Waals surface area contributed by atoms with Gasteiger partial charge in [0, 0.05) is 11.0 Å². The first-order chi connectivity index (χ1) is 8.70. The van der Waals surface area contributed by atoms with E-state index in [1.807, 2.05) is 31.2 Å². The summed E-state index contributed by atoms with van der Waals surface area (Å²) < 4.78 is 5.16.